The number of methoxy groups -OCH3 is 1. The lowest BCUT2D eigenvalue weighted by Gasteiger charge is -2.30. The Hall–Kier alpha value is -3.06. The summed E-state index contributed by atoms with van der Waals surface area (Å²) in [5.41, 5.74) is 0.769. The van der Waals surface area contributed by atoms with Gasteiger partial charge in [-0.3, -0.25) is 14.4 Å². The summed E-state index contributed by atoms with van der Waals surface area (Å²) in [7, 11) is -2.81. The summed E-state index contributed by atoms with van der Waals surface area (Å²) >= 11 is 1.01. The second kappa shape index (κ2) is 11.8. The molecule has 2 amide bonds. The highest BCUT2D eigenvalue weighted by atomic mass is 32.2. The van der Waals surface area contributed by atoms with Gasteiger partial charge in [-0.1, -0.05) is 18.3 Å². The first-order valence-electron chi connectivity index (χ1n) is 11.5. The largest absolute Gasteiger partial charge is 0.465 e. The molecule has 1 saturated heterocycles. The fourth-order valence-corrected chi connectivity index (χ4v) is 6.15. The van der Waals surface area contributed by atoms with Gasteiger partial charge in [0, 0.05) is 13.1 Å². The summed E-state index contributed by atoms with van der Waals surface area (Å²) in [6, 6.07) is 4.62. The van der Waals surface area contributed by atoms with Gasteiger partial charge in [-0.05, 0) is 43.9 Å². The fraction of sp³-hybridized carbons (Fsp3) is 0.522. The topological polar surface area (TPSA) is 141 Å². The molecule has 0 saturated carbocycles. The van der Waals surface area contributed by atoms with Gasteiger partial charge < -0.3 is 18.9 Å². The molecule has 1 aromatic carbocycles. The molecule has 1 atom stereocenters. The third kappa shape index (κ3) is 7.00. The Bertz CT molecular complexity index is 1340. The Morgan fingerprint density at radius 2 is 1.94 bits per heavy atom. The Morgan fingerprint density at radius 1 is 1.19 bits per heavy atom. The molecule has 1 aliphatic rings. The number of esters is 2. The van der Waals surface area contributed by atoms with E-state index in [4.69, 9.17) is 9.47 Å². The van der Waals surface area contributed by atoms with E-state index in [-0.39, 0.29) is 23.5 Å². The number of carbonyl (C=O) groups is 4. The number of ether oxygens (including phenoxy) is 2. The second-order valence-corrected chi connectivity index (χ2v) is 11.6. The molecule has 196 valence electrons. The molecule has 1 aromatic heterocycles. The van der Waals surface area contributed by atoms with E-state index in [1.807, 2.05) is 6.92 Å². The summed E-state index contributed by atoms with van der Waals surface area (Å²) in [5, 5.41) is 0. The average Bonchev–Trinajstić information content (AvgIpc) is 3.13. The van der Waals surface area contributed by atoms with Gasteiger partial charge in [-0.25, -0.2) is 13.2 Å². The number of aromatic nitrogens is 1. The molecule has 2 aromatic rings. The van der Waals surface area contributed by atoms with Crippen LogP contribution in [-0.4, -0.2) is 79.9 Å². The molecule has 0 bridgehead atoms. The number of thiazole rings is 1. The van der Waals surface area contributed by atoms with Crippen molar-refractivity contribution in [2.75, 3.05) is 38.3 Å². The molecule has 11 nitrogen and oxygen atoms in total. The van der Waals surface area contributed by atoms with Gasteiger partial charge in [-0.15, -0.1) is 0 Å². The first-order chi connectivity index (χ1) is 17.0. The SMILES string of the molecule is CCOC(=O)Cn1c(=NC(=O)CS(=O)(=O)CC(=O)N2CCCC(C)C2)sc2cc(C(=O)OC)ccc21. The highest BCUT2D eigenvalue weighted by Crippen LogP contribution is 2.20. The molecule has 1 fully saturated rings. The minimum absolute atomic E-state index is 0.0662. The van der Waals surface area contributed by atoms with Crippen LogP contribution in [0.15, 0.2) is 23.2 Å². The number of likely N-dealkylation sites (tertiary alicyclic amines) is 1. The number of benzene rings is 1. The van der Waals surface area contributed by atoms with E-state index < -0.39 is 45.1 Å². The summed E-state index contributed by atoms with van der Waals surface area (Å²) in [5.74, 6) is -4.03. The minimum Gasteiger partial charge on any atom is -0.465 e. The number of piperidine rings is 1. The molecule has 13 heteroatoms. The lowest BCUT2D eigenvalue weighted by molar-refractivity contribution is -0.143. The number of fused-ring (bicyclic) bond motifs is 1. The van der Waals surface area contributed by atoms with E-state index in [1.165, 1.54) is 28.7 Å². The summed E-state index contributed by atoms with van der Waals surface area (Å²) in [4.78, 5) is 54.7. The van der Waals surface area contributed by atoms with Gasteiger partial charge in [0.05, 0.1) is 29.5 Å². The van der Waals surface area contributed by atoms with E-state index in [0.717, 1.165) is 24.2 Å². The van der Waals surface area contributed by atoms with Crippen LogP contribution in [0.3, 0.4) is 0 Å². The molecule has 3 rings (SSSR count). The van der Waals surface area contributed by atoms with Gasteiger partial charge in [0.2, 0.25) is 5.91 Å². The van der Waals surface area contributed by atoms with E-state index in [1.54, 1.807) is 13.0 Å². The van der Waals surface area contributed by atoms with Crippen molar-refractivity contribution in [1.29, 1.82) is 0 Å². The van der Waals surface area contributed by atoms with Crippen molar-refractivity contribution < 1.29 is 37.1 Å². The average molecular weight is 540 g/mol. The third-order valence-corrected chi connectivity index (χ3v) is 8.03. The Balaban J connectivity index is 1.87. The zero-order valence-corrected chi connectivity index (χ0v) is 22.0. The normalized spacial score (nSPS) is 16.7. The van der Waals surface area contributed by atoms with Crippen molar-refractivity contribution in [1.82, 2.24) is 9.47 Å². The van der Waals surface area contributed by atoms with Crippen molar-refractivity contribution in [2.45, 2.75) is 33.2 Å². The number of nitrogens with zero attached hydrogens (tertiary/aromatic N) is 3. The Morgan fingerprint density at radius 3 is 2.61 bits per heavy atom. The molecular formula is C23H29N3O8S2. The van der Waals surface area contributed by atoms with Gasteiger partial charge in [0.15, 0.2) is 14.6 Å². The van der Waals surface area contributed by atoms with Crippen LogP contribution in [0.2, 0.25) is 0 Å². The van der Waals surface area contributed by atoms with Crippen molar-refractivity contribution in [3.63, 3.8) is 0 Å². The van der Waals surface area contributed by atoms with Gasteiger partial charge in [0.1, 0.15) is 18.1 Å². The zero-order chi connectivity index (χ0) is 26.5. The van der Waals surface area contributed by atoms with E-state index in [0.29, 0.717) is 29.2 Å². The van der Waals surface area contributed by atoms with Crippen LogP contribution in [0.5, 0.6) is 0 Å². The number of hydrogen-bond acceptors (Lipinski definition) is 9. The van der Waals surface area contributed by atoms with Crippen molar-refractivity contribution in [3.05, 3.63) is 28.6 Å². The summed E-state index contributed by atoms with van der Waals surface area (Å²) in [6.07, 6.45) is 1.79. The molecule has 1 aliphatic heterocycles. The number of rotatable bonds is 8. The van der Waals surface area contributed by atoms with Gasteiger partial charge in [0.25, 0.3) is 5.91 Å². The lowest BCUT2D eigenvalue weighted by atomic mass is 10.0. The molecular weight excluding hydrogens is 510 g/mol. The van der Waals surface area contributed by atoms with Gasteiger partial charge >= 0.3 is 11.9 Å². The molecule has 0 N–H and O–H groups in total. The van der Waals surface area contributed by atoms with E-state index >= 15 is 0 Å². The van der Waals surface area contributed by atoms with E-state index in [2.05, 4.69) is 4.99 Å². The molecule has 0 aliphatic carbocycles. The number of carbonyl (C=O) groups excluding carboxylic acids is 4. The highest BCUT2D eigenvalue weighted by molar-refractivity contribution is 7.92. The Labute approximate surface area is 212 Å². The maximum Gasteiger partial charge on any atom is 0.337 e. The van der Waals surface area contributed by atoms with Crippen LogP contribution in [0.25, 0.3) is 10.2 Å². The van der Waals surface area contributed by atoms with Crippen LogP contribution in [-0.2, 0) is 40.2 Å². The summed E-state index contributed by atoms with van der Waals surface area (Å²) in [6.45, 7) is 4.54. The molecule has 0 radical (unpaired) electrons. The quantitative estimate of drug-likeness (QED) is 0.455. The molecule has 1 unspecified atom stereocenters. The maximum atomic E-state index is 12.6. The summed E-state index contributed by atoms with van der Waals surface area (Å²) < 4.78 is 36.8. The molecule has 0 spiro atoms. The third-order valence-electron chi connectivity index (χ3n) is 5.61. The smallest absolute Gasteiger partial charge is 0.337 e. The van der Waals surface area contributed by atoms with Crippen LogP contribution in [0.1, 0.15) is 37.0 Å². The van der Waals surface area contributed by atoms with Crippen LogP contribution >= 0.6 is 11.3 Å². The Kier molecular flexibility index (Phi) is 9.01. The van der Waals surface area contributed by atoms with Crippen molar-refractivity contribution in [3.8, 4) is 0 Å². The highest BCUT2D eigenvalue weighted by Gasteiger charge is 2.27. The van der Waals surface area contributed by atoms with Crippen LogP contribution in [0, 0.1) is 5.92 Å². The first-order valence-corrected chi connectivity index (χ1v) is 14.1. The van der Waals surface area contributed by atoms with Crippen molar-refractivity contribution in [2.24, 2.45) is 10.9 Å². The fourth-order valence-electron chi connectivity index (χ4n) is 3.97. The molecule has 2 heterocycles. The van der Waals surface area contributed by atoms with E-state index in [9.17, 15) is 27.6 Å². The number of hydrogen-bond donors (Lipinski definition) is 0. The minimum atomic E-state index is -4.05. The second-order valence-electron chi connectivity index (χ2n) is 8.57. The maximum absolute atomic E-state index is 12.6. The van der Waals surface area contributed by atoms with Crippen LogP contribution in [0.4, 0.5) is 0 Å². The molecule has 36 heavy (non-hydrogen) atoms. The lowest BCUT2D eigenvalue weighted by Crippen LogP contribution is -2.42. The van der Waals surface area contributed by atoms with Crippen LogP contribution < -0.4 is 4.80 Å². The number of sulfone groups is 1. The predicted molar refractivity (Wildman–Crippen MR) is 132 cm³/mol. The number of amides is 2. The van der Waals surface area contributed by atoms with Crippen molar-refractivity contribution >= 4 is 55.1 Å². The monoisotopic (exact) mass is 539 g/mol. The zero-order valence-electron chi connectivity index (χ0n) is 20.4. The van der Waals surface area contributed by atoms with Gasteiger partial charge in [-0.2, -0.15) is 4.99 Å². The predicted octanol–water partition coefficient (Wildman–Crippen LogP) is 1.15. The first kappa shape index (κ1) is 27.5. The standard InChI is InChI=1S/C23H29N3O8S2/c1-4-34-21(29)12-26-17-8-7-16(22(30)33-3)10-18(17)35-23(26)24-19(27)13-36(31,32)14-20(28)25-9-5-6-15(2)11-25/h7-8,10,15H,4-6,9,11-14H2,1-3H3.